The Balaban J connectivity index is 1.35. The number of thiazole rings is 1. The van der Waals surface area contributed by atoms with Crippen LogP contribution in [0.4, 0.5) is 9.52 Å². The molecule has 27 heavy (non-hydrogen) atoms. The van der Waals surface area contributed by atoms with E-state index in [0.29, 0.717) is 15.9 Å². The van der Waals surface area contributed by atoms with Crippen molar-refractivity contribution in [2.24, 2.45) is 0 Å². The summed E-state index contributed by atoms with van der Waals surface area (Å²) in [6, 6.07) is 17.4. The SMILES string of the molecule is O=C(CSc1ccc(-c2ccc(F)cc2)nn1)Nc1nc2ccccc2s1. The number of anilines is 1. The van der Waals surface area contributed by atoms with Gasteiger partial charge in [0.15, 0.2) is 5.13 Å². The molecule has 0 aliphatic carbocycles. The third-order valence-corrected chi connectivity index (χ3v) is 5.54. The van der Waals surface area contributed by atoms with Gasteiger partial charge in [-0.25, -0.2) is 9.37 Å². The molecule has 0 bridgehead atoms. The Morgan fingerprint density at radius 1 is 1.04 bits per heavy atom. The molecule has 0 saturated carbocycles. The minimum Gasteiger partial charge on any atom is -0.301 e. The predicted octanol–water partition coefficient (Wildman–Crippen LogP) is 4.62. The first-order valence-corrected chi connectivity index (χ1v) is 9.85. The lowest BCUT2D eigenvalue weighted by molar-refractivity contribution is -0.113. The van der Waals surface area contributed by atoms with Crippen LogP contribution in [0.2, 0.25) is 0 Å². The number of hydrogen-bond acceptors (Lipinski definition) is 6. The van der Waals surface area contributed by atoms with E-state index >= 15 is 0 Å². The van der Waals surface area contributed by atoms with Gasteiger partial charge in [-0.2, -0.15) is 0 Å². The quantitative estimate of drug-likeness (QED) is 0.499. The Morgan fingerprint density at radius 2 is 1.85 bits per heavy atom. The fourth-order valence-corrected chi connectivity index (χ4v) is 3.89. The van der Waals surface area contributed by atoms with Crippen molar-refractivity contribution < 1.29 is 9.18 Å². The first-order valence-electron chi connectivity index (χ1n) is 8.05. The molecule has 4 aromatic rings. The summed E-state index contributed by atoms with van der Waals surface area (Å²) < 4.78 is 14.0. The highest BCUT2D eigenvalue weighted by molar-refractivity contribution is 7.99. The summed E-state index contributed by atoms with van der Waals surface area (Å²) in [5, 5.41) is 12.3. The van der Waals surface area contributed by atoms with E-state index in [-0.39, 0.29) is 17.5 Å². The number of aromatic nitrogens is 3. The number of halogens is 1. The van der Waals surface area contributed by atoms with Crippen LogP contribution in [0.1, 0.15) is 0 Å². The molecule has 2 aromatic carbocycles. The monoisotopic (exact) mass is 396 g/mol. The first-order chi connectivity index (χ1) is 13.2. The summed E-state index contributed by atoms with van der Waals surface area (Å²) >= 11 is 2.73. The molecule has 8 heteroatoms. The second-order valence-electron chi connectivity index (χ2n) is 5.59. The van der Waals surface area contributed by atoms with Crippen molar-refractivity contribution in [1.82, 2.24) is 15.2 Å². The van der Waals surface area contributed by atoms with Crippen molar-refractivity contribution in [2.75, 3.05) is 11.1 Å². The molecule has 2 aromatic heterocycles. The fraction of sp³-hybridized carbons (Fsp3) is 0.0526. The van der Waals surface area contributed by atoms with E-state index in [0.717, 1.165) is 15.8 Å². The average Bonchev–Trinajstić information content (AvgIpc) is 3.09. The Bertz CT molecular complexity index is 1050. The number of amides is 1. The molecule has 2 heterocycles. The molecule has 4 rings (SSSR count). The molecule has 5 nitrogen and oxygen atoms in total. The number of rotatable bonds is 5. The maximum absolute atomic E-state index is 13.0. The molecule has 1 N–H and O–H groups in total. The van der Waals surface area contributed by atoms with Crippen LogP contribution in [0.25, 0.3) is 21.5 Å². The number of hydrogen-bond donors (Lipinski definition) is 1. The van der Waals surface area contributed by atoms with Crippen molar-refractivity contribution in [3.63, 3.8) is 0 Å². The molecule has 0 saturated heterocycles. The lowest BCUT2D eigenvalue weighted by Crippen LogP contribution is -2.13. The maximum Gasteiger partial charge on any atom is 0.236 e. The van der Waals surface area contributed by atoms with Crippen molar-refractivity contribution in [3.05, 3.63) is 66.5 Å². The molecule has 0 aliphatic heterocycles. The molecule has 0 aliphatic rings. The molecule has 0 atom stereocenters. The molecule has 0 radical (unpaired) electrons. The van der Waals surface area contributed by atoms with Gasteiger partial charge in [0.2, 0.25) is 5.91 Å². The minimum absolute atomic E-state index is 0.150. The van der Waals surface area contributed by atoms with Gasteiger partial charge in [0, 0.05) is 5.56 Å². The number of nitrogens with zero attached hydrogens (tertiary/aromatic N) is 3. The highest BCUT2D eigenvalue weighted by Gasteiger charge is 2.09. The second-order valence-corrected chi connectivity index (χ2v) is 7.61. The van der Waals surface area contributed by atoms with E-state index in [1.54, 1.807) is 24.3 Å². The molecule has 1 amide bonds. The van der Waals surface area contributed by atoms with Gasteiger partial charge in [0.05, 0.1) is 21.7 Å². The normalized spacial score (nSPS) is 10.9. The Labute approximate surface area is 162 Å². The number of para-hydroxylation sites is 1. The second kappa shape index (κ2) is 7.81. The molecular weight excluding hydrogens is 383 g/mol. The van der Waals surface area contributed by atoms with Gasteiger partial charge in [-0.15, -0.1) is 10.2 Å². The molecule has 0 fully saturated rings. The highest BCUT2D eigenvalue weighted by atomic mass is 32.2. The van der Waals surface area contributed by atoms with Gasteiger partial charge in [0.25, 0.3) is 0 Å². The van der Waals surface area contributed by atoms with Gasteiger partial charge in [-0.3, -0.25) is 4.79 Å². The van der Waals surface area contributed by atoms with E-state index in [4.69, 9.17) is 0 Å². The lowest BCUT2D eigenvalue weighted by atomic mass is 10.1. The van der Waals surface area contributed by atoms with Gasteiger partial charge < -0.3 is 5.32 Å². The smallest absolute Gasteiger partial charge is 0.236 e. The zero-order valence-electron chi connectivity index (χ0n) is 13.9. The number of carbonyl (C=O) groups is 1. The fourth-order valence-electron chi connectivity index (χ4n) is 2.39. The van der Waals surface area contributed by atoms with E-state index in [2.05, 4.69) is 20.5 Å². The molecule has 0 unspecified atom stereocenters. The number of carbonyl (C=O) groups excluding carboxylic acids is 1. The standard InChI is InChI=1S/C19H13FN4OS2/c20-13-7-5-12(6-8-13)14-9-10-18(24-23-14)26-11-17(25)22-19-21-15-3-1-2-4-16(15)27-19/h1-10H,11H2,(H,21,22,25). The number of thioether (sulfide) groups is 1. The predicted molar refractivity (Wildman–Crippen MR) is 106 cm³/mol. The van der Waals surface area contributed by atoms with Crippen LogP contribution in [-0.4, -0.2) is 26.8 Å². The third kappa shape index (κ3) is 4.29. The highest BCUT2D eigenvalue weighted by Crippen LogP contribution is 2.26. The van der Waals surface area contributed by atoms with Crippen LogP contribution < -0.4 is 5.32 Å². The lowest BCUT2D eigenvalue weighted by Gasteiger charge is -2.03. The van der Waals surface area contributed by atoms with Crippen LogP contribution in [-0.2, 0) is 4.79 Å². The number of nitrogens with one attached hydrogen (secondary N) is 1. The number of fused-ring (bicyclic) bond motifs is 1. The zero-order valence-corrected chi connectivity index (χ0v) is 15.6. The van der Waals surface area contributed by atoms with E-state index in [1.165, 1.54) is 35.2 Å². The van der Waals surface area contributed by atoms with Crippen LogP contribution in [0.3, 0.4) is 0 Å². The first kappa shape index (κ1) is 17.6. The van der Waals surface area contributed by atoms with Crippen molar-refractivity contribution in [2.45, 2.75) is 5.03 Å². The minimum atomic E-state index is -0.293. The van der Waals surface area contributed by atoms with Crippen molar-refractivity contribution in [3.8, 4) is 11.3 Å². The van der Waals surface area contributed by atoms with E-state index < -0.39 is 0 Å². The summed E-state index contributed by atoms with van der Waals surface area (Å²) in [6.07, 6.45) is 0. The summed E-state index contributed by atoms with van der Waals surface area (Å²) in [6.45, 7) is 0. The van der Waals surface area contributed by atoms with Crippen molar-refractivity contribution >= 4 is 44.4 Å². The van der Waals surface area contributed by atoms with Crippen LogP contribution in [0.15, 0.2) is 65.7 Å². The topological polar surface area (TPSA) is 67.8 Å². The van der Waals surface area contributed by atoms with Crippen molar-refractivity contribution in [1.29, 1.82) is 0 Å². The summed E-state index contributed by atoms with van der Waals surface area (Å²) in [4.78, 5) is 16.5. The molecule has 134 valence electrons. The van der Waals surface area contributed by atoms with Gasteiger partial charge in [-0.1, -0.05) is 35.2 Å². The Hall–Kier alpha value is -2.84. The van der Waals surface area contributed by atoms with Gasteiger partial charge in [0.1, 0.15) is 10.8 Å². The number of benzene rings is 2. The van der Waals surface area contributed by atoms with Crippen LogP contribution >= 0.6 is 23.1 Å². The van der Waals surface area contributed by atoms with E-state index in [1.807, 2.05) is 24.3 Å². The van der Waals surface area contributed by atoms with Gasteiger partial charge >= 0.3 is 0 Å². The molecular formula is C19H13FN4OS2. The zero-order chi connectivity index (χ0) is 18.6. The van der Waals surface area contributed by atoms with E-state index in [9.17, 15) is 9.18 Å². The average molecular weight is 396 g/mol. The summed E-state index contributed by atoms with van der Waals surface area (Å²) in [5.74, 6) is -0.234. The Morgan fingerprint density at radius 3 is 2.59 bits per heavy atom. The van der Waals surface area contributed by atoms with Crippen LogP contribution in [0.5, 0.6) is 0 Å². The van der Waals surface area contributed by atoms with Crippen LogP contribution in [0, 0.1) is 5.82 Å². The largest absolute Gasteiger partial charge is 0.301 e. The van der Waals surface area contributed by atoms with Gasteiger partial charge in [-0.05, 0) is 48.5 Å². The Kier molecular flexibility index (Phi) is 5.08. The third-order valence-electron chi connectivity index (χ3n) is 3.67. The molecule has 0 spiro atoms. The summed E-state index contributed by atoms with van der Waals surface area (Å²) in [5.41, 5.74) is 2.31. The summed E-state index contributed by atoms with van der Waals surface area (Å²) in [7, 11) is 0. The maximum atomic E-state index is 13.0.